The molecule has 3 heteroatoms. The van der Waals surface area contributed by atoms with Gasteiger partial charge in [-0.1, -0.05) is 6.07 Å². The fourth-order valence-electron chi connectivity index (χ4n) is 2.33. The van der Waals surface area contributed by atoms with Crippen LogP contribution < -0.4 is 0 Å². The Hall–Kier alpha value is -1.35. The van der Waals surface area contributed by atoms with Crippen LogP contribution in [-0.2, 0) is 16.8 Å². The molecule has 0 unspecified atom stereocenters. The number of ether oxygens (including phenoxy) is 1. The van der Waals surface area contributed by atoms with E-state index in [1.807, 2.05) is 19.1 Å². The number of rotatable bonds is 1. The van der Waals surface area contributed by atoms with Crippen LogP contribution in [0, 0.1) is 0 Å². The van der Waals surface area contributed by atoms with Crippen molar-refractivity contribution in [3.63, 3.8) is 0 Å². The minimum atomic E-state index is -0.762. The van der Waals surface area contributed by atoms with Gasteiger partial charge >= 0.3 is 5.97 Å². The molecule has 0 saturated heterocycles. The van der Waals surface area contributed by atoms with Crippen molar-refractivity contribution in [3.8, 4) is 0 Å². The molecule has 0 radical (unpaired) electrons. The summed E-state index contributed by atoms with van der Waals surface area (Å²) in [6.45, 7) is 1.82. The highest BCUT2D eigenvalue weighted by molar-refractivity contribution is 5.89. The van der Waals surface area contributed by atoms with Crippen molar-refractivity contribution in [2.24, 2.45) is 0 Å². The average Bonchev–Trinajstić information content (AvgIpc) is 2.27. The Bertz CT molecular complexity index is 421. The number of benzene rings is 1. The number of hydrogen-bond donors (Lipinski definition) is 1. The van der Waals surface area contributed by atoms with E-state index >= 15 is 0 Å². The van der Waals surface area contributed by atoms with Crippen LogP contribution in [0.1, 0.15) is 41.3 Å². The summed E-state index contributed by atoms with van der Waals surface area (Å²) in [5.41, 5.74) is 1.78. The van der Waals surface area contributed by atoms with Crippen LogP contribution in [0.25, 0.3) is 0 Å². The molecular weight excluding hydrogens is 204 g/mol. The third-order valence-electron chi connectivity index (χ3n) is 3.22. The Morgan fingerprint density at radius 3 is 2.94 bits per heavy atom. The van der Waals surface area contributed by atoms with Crippen molar-refractivity contribution in [3.05, 3.63) is 34.9 Å². The van der Waals surface area contributed by atoms with Crippen molar-refractivity contribution >= 4 is 5.97 Å². The average molecular weight is 220 g/mol. The third kappa shape index (κ3) is 1.83. The zero-order chi connectivity index (χ0) is 11.8. The van der Waals surface area contributed by atoms with Gasteiger partial charge in [0.1, 0.15) is 0 Å². The summed E-state index contributed by atoms with van der Waals surface area (Å²) in [7, 11) is 1.37. The molecule has 1 atom stereocenters. The summed E-state index contributed by atoms with van der Waals surface area (Å²) in [6, 6.07) is 5.38. The monoisotopic (exact) mass is 220 g/mol. The van der Waals surface area contributed by atoms with Gasteiger partial charge in [0.25, 0.3) is 0 Å². The number of carbonyl (C=O) groups is 1. The minimum absolute atomic E-state index is 0.326. The van der Waals surface area contributed by atoms with E-state index in [4.69, 9.17) is 0 Å². The van der Waals surface area contributed by atoms with Gasteiger partial charge in [-0.15, -0.1) is 0 Å². The number of hydrogen-bond acceptors (Lipinski definition) is 3. The van der Waals surface area contributed by atoms with E-state index < -0.39 is 5.60 Å². The van der Waals surface area contributed by atoms with Crippen LogP contribution in [0.2, 0.25) is 0 Å². The smallest absolute Gasteiger partial charge is 0.337 e. The van der Waals surface area contributed by atoms with Gasteiger partial charge < -0.3 is 9.84 Å². The largest absolute Gasteiger partial charge is 0.465 e. The first-order valence-corrected chi connectivity index (χ1v) is 5.49. The van der Waals surface area contributed by atoms with Gasteiger partial charge in [0.2, 0.25) is 0 Å². The number of aryl methyl sites for hydroxylation is 1. The Labute approximate surface area is 95.0 Å². The van der Waals surface area contributed by atoms with Crippen molar-refractivity contribution < 1.29 is 14.6 Å². The summed E-state index contributed by atoms with van der Waals surface area (Å²) in [5, 5.41) is 10.2. The molecule has 86 valence electrons. The van der Waals surface area contributed by atoms with E-state index in [1.165, 1.54) is 7.11 Å². The predicted molar refractivity (Wildman–Crippen MR) is 60.3 cm³/mol. The Morgan fingerprint density at radius 2 is 2.25 bits per heavy atom. The molecule has 0 bridgehead atoms. The molecular formula is C13H16O3. The first kappa shape index (κ1) is 11.1. The van der Waals surface area contributed by atoms with Gasteiger partial charge in [-0.25, -0.2) is 4.79 Å². The highest BCUT2D eigenvalue weighted by Crippen LogP contribution is 2.35. The van der Waals surface area contributed by atoms with Gasteiger partial charge in [-0.05, 0) is 49.4 Å². The summed E-state index contributed by atoms with van der Waals surface area (Å²) in [6.07, 6.45) is 2.64. The first-order chi connectivity index (χ1) is 7.54. The van der Waals surface area contributed by atoms with E-state index in [9.17, 15) is 9.90 Å². The van der Waals surface area contributed by atoms with Gasteiger partial charge in [0, 0.05) is 0 Å². The lowest BCUT2D eigenvalue weighted by atomic mass is 9.80. The lowest BCUT2D eigenvalue weighted by molar-refractivity contribution is 0.0384. The van der Waals surface area contributed by atoms with E-state index in [2.05, 4.69) is 4.74 Å². The lowest BCUT2D eigenvalue weighted by Gasteiger charge is -2.31. The number of methoxy groups -OCH3 is 1. The summed E-state index contributed by atoms with van der Waals surface area (Å²) in [4.78, 5) is 11.4. The number of carbonyl (C=O) groups excluding carboxylic acids is 1. The van der Waals surface area contributed by atoms with E-state index in [0.717, 1.165) is 30.4 Å². The molecule has 0 fully saturated rings. The molecule has 0 spiro atoms. The number of fused-ring (bicyclic) bond motifs is 1. The summed E-state index contributed by atoms with van der Waals surface area (Å²) < 4.78 is 4.68. The topological polar surface area (TPSA) is 46.5 Å². The standard InChI is InChI=1S/C13H16O3/c1-13(15)7-3-4-9-8-10(12(14)16-2)5-6-11(9)13/h5-6,8,15H,3-4,7H2,1-2H3/t13-/m1/s1. The molecule has 1 aromatic rings. The van der Waals surface area contributed by atoms with E-state index in [-0.39, 0.29) is 5.97 Å². The molecule has 1 aliphatic rings. The zero-order valence-electron chi connectivity index (χ0n) is 9.62. The quantitative estimate of drug-likeness (QED) is 0.736. The van der Waals surface area contributed by atoms with Gasteiger partial charge in [0.15, 0.2) is 0 Å². The first-order valence-electron chi connectivity index (χ1n) is 5.49. The van der Waals surface area contributed by atoms with Crippen LogP contribution >= 0.6 is 0 Å². The fourth-order valence-corrected chi connectivity index (χ4v) is 2.33. The molecule has 0 aliphatic heterocycles. The maximum atomic E-state index is 11.4. The SMILES string of the molecule is COC(=O)c1ccc2c(c1)CCC[C@@]2(C)O. The zero-order valence-corrected chi connectivity index (χ0v) is 9.62. The van der Waals surface area contributed by atoms with E-state index in [0.29, 0.717) is 5.56 Å². The molecule has 0 aromatic heterocycles. The minimum Gasteiger partial charge on any atom is -0.465 e. The van der Waals surface area contributed by atoms with Crippen molar-refractivity contribution in [2.75, 3.05) is 7.11 Å². The summed E-state index contributed by atoms with van der Waals surface area (Å²) >= 11 is 0. The molecule has 0 amide bonds. The van der Waals surface area contributed by atoms with Crippen LogP contribution in [0.15, 0.2) is 18.2 Å². The molecule has 1 N–H and O–H groups in total. The molecule has 1 aliphatic carbocycles. The summed E-state index contributed by atoms with van der Waals surface area (Å²) in [5.74, 6) is -0.326. The van der Waals surface area contributed by atoms with Crippen molar-refractivity contribution in [2.45, 2.75) is 31.8 Å². The lowest BCUT2D eigenvalue weighted by Crippen LogP contribution is -2.27. The molecule has 2 rings (SSSR count). The molecule has 16 heavy (non-hydrogen) atoms. The van der Waals surface area contributed by atoms with Crippen LogP contribution in [-0.4, -0.2) is 18.2 Å². The van der Waals surface area contributed by atoms with Crippen LogP contribution in [0.3, 0.4) is 0 Å². The highest BCUT2D eigenvalue weighted by Gasteiger charge is 2.29. The second-order valence-corrected chi connectivity index (χ2v) is 4.49. The molecule has 1 aromatic carbocycles. The maximum Gasteiger partial charge on any atom is 0.337 e. The maximum absolute atomic E-state index is 11.4. The van der Waals surface area contributed by atoms with Gasteiger partial charge in [0.05, 0.1) is 18.3 Å². The second-order valence-electron chi connectivity index (χ2n) is 4.49. The molecule has 0 saturated carbocycles. The number of aliphatic hydroxyl groups is 1. The molecule has 3 nitrogen and oxygen atoms in total. The Morgan fingerprint density at radius 1 is 1.50 bits per heavy atom. The third-order valence-corrected chi connectivity index (χ3v) is 3.22. The van der Waals surface area contributed by atoms with Crippen molar-refractivity contribution in [1.29, 1.82) is 0 Å². The van der Waals surface area contributed by atoms with Gasteiger partial charge in [-0.2, -0.15) is 0 Å². The Balaban J connectivity index is 2.43. The van der Waals surface area contributed by atoms with Gasteiger partial charge in [-0.3, -0.25) is 0 Å². The predicted octanol–water partition coefficient (Wildman–Crippen LogP) is 2.02. The van der Waals surface area contributed by atoms with Crippen LogP contribution in [0.5, 0.6) is 0 Å². The Kier molecular flexibility index (Phi) is 2.72. The number of esters is 1. The van der Waals surface area contributed by atoms with Crippen molar-refractivity contribution in [1.82, 2.24) is 0 Å². The highest BCUT2D eigenvalue weighted by atomic mass is 16.5. The van der Waals surface area contributed by atoms with E-state index in [1.54, 1.807) is 6.07 Å². The second kappa shape index (κ2) is 3.91. The fraction of sp³-hybridized carbons (Fsp3) is 0.462. The normalized spacial score (nSPS) is 23.7. The van der Waals surface area contributed by atoms with Crippen LogP contribution in [0.4, 0.5) is 0 Å². The molecule has 0 heterocycles.